The predicted molar refractivity (Wildman–Crippen MR) is 491 cm³/mol. The van der Waals surface area contributed by atoms with Gasteiger partial charge >= 0.3 is 0 Å². The highest BCUT2D eigenvalue weighted by molar-refractivity contribution is 5.72. The zero-order valence-corrected chi connectivity index (χ0v) is 71.8. The molecule has 22 unspecified atom stereocenters. The third-order valence-corrected chi connectivity index (χ3v) is 32.2. The second-order valence-corrected chi connectivity index (χ2v) is 38.4. The molecule has 127 heavy (non-hydrogen) atoms. The Kier molecular flexibility index (Phi) is 22.6. The van der Waals surface area contributed by atoms with Crippen molar-refractivity contribution in [2.75, 3.05) is 4.90 Å². The lowest BCUT2D eigenvalue weighted by molar-refractivity contribution is 0.0490. The molecule has 2 saturated carbocycles. The van der Waals surface area contributed by atoms with Crippen LogP contribution in [0.25, 0.3) is 6.08 Å². The van der Waals surface area contributed by atoms with E-state index in [0.29, 0.717) is 103 Å². The van der Waals surface area contributed by atoms with E-state index in [-0.39, 0.29) is 125 Å². The molecule has 21 rings (SSSR count). The van der Waals surface area contributed by atoms with Crippen molar-refractivity contribution in [2.45, 2.75) is 182 Å². The van der Waals surface area contributed by atoms with Crippen molar-refractivity contribution in [2.24, 2.45) is 76.4 Å². The number of nitrogens with zero attached hydrogens (tertiary/aromatic N) is 2. The number of hydrogen-bond acceptors (Lipinski definition) is 5. The normalized spacial score (nSPS) is 34.3. The van der Waals surface area contributed by atoms with E-state index >= 15 is 26.3 Å². The van der Waals surface area contributed by atoms with E-state index in [0.717, 1.165) is 109 Å². The van der Waals surface area contributed by atoms with Gasteiger partial charge in [0.1, 0.15) is 65.4 Å². The number of anilines is 2. The third kappa shape index (κ3) is 15.2. The van der Waals surface area contributed by atoms with Crippen LogP contribution in [0.4, 0.5) is 46.5 Å². The molecule has 15 aliphatic carbocycles. The lowest BCUT2D eigenvalue weighted by Crippen LogP contribution is -2.45. The highest BCUT2D eigenvalue weighted by Crippen LogP contribution is 2.71. The van der Waals surface area contributed by atoms with Crippen LogP contribution in [0.2, 0.25) is 0 Å². The molecule has 16 aliphatic rings. The molecule has 5 aromatic carbocycles. The third-order valence-electron chi connectivity index (χ3n) is 32.2. The minimum Gasteiger partial charge on any atom is -0.494 e. The average molecular weight is 1710 g/mol. The highest BCUT2D eigenvalue weighted by atomic mass is 19.2. The Hall–Kier alpha value is -10.9. The van der Waals surface area contributed by atoms with Crippen LogP contribution in [-0.2, 0) is 10.2 Å². The van der Waals surface area contributed by atoms with Gasteiger partial charge in [0.05, 0.1) is 28.8 Å². The van der Waals surface area contributed by atoms with Crippen molar-refractivity contribution in [3.05, 3.63) is 400 Å². The lowest BCUT2D eigenvalue weighted by Gasteiger charge is -2.52. The molecule has 0 amide bonds. The SMILES string of the molecule is C=CC1=CCC(OC2=CC=C(C3(C4CC=C(F)CC4)C4CCC=CC4C4C=CC(c5ccc(N(C6=CC(F)C(c7ccc(F)cc7)CC6F)c6ccc7c(c6)C6C=C(N(C8=CCC(C9=CC%10C(C=C9)C9C=CC=CC9C%10(c9ccc(F)cc9)C9C=CC(Oc%10ccc(C=C)cc%10)=CC9)C=C8)C8=CC(F)=C(C9CC=C(F)CC9)CC8F)CCC6O7)cc5)CC43)CC2)CC1. The average Bonchev–Trinajstić information content (AvgIpc) is 1.54. The van der Waals surface area contributed by atoms with Crippen LogP contribution < -0.4 is 14.4 Å². The predicted octanol–water partition coefficient (Wildman–Crippen LogP) is 29.7. The number of allylic oxidation sites excluding steroid dienone is 35. The van der Waals surface area contributed by atoms with Crippen LogP contribution in [0.15, 0.2) is 360 Å². The molecule has 5 nitrogen and oxygen atoms in total. The molecule has 1 heterocycles. The molecule has 0 N–H and O–H groups in total. The maximum absolute atomic E-state index is 18.0. The fourth-order valence-electron chi connectivity index (χ4n) is 26.3. The van der Waals surface area contributed by atoms with E-state index < -0.39 is 47.4 Å². The summed E-state index contributed by atoms with van der Waals surface area (Å²) in [5.41, 5.74) is 11.2. The zero-order chi connectivity index (χ0) is 86.3. The molecule has 0 bridgehead atoms. The largest absolute Gasteiger partial charge is 0.494 e. The molecular formula is C114H110F8N2O3. The quantitative estimate of drug-likeness (QED) is 0.0573. The Morgan fingerprint density at radius 3 is 2.05 bits per heavy atom. The van der Waals surface area contributed by atoms with Gasteiger partial charge in [0.15, 0.2) is 0 Å². The summed E-state index contributed by atoms with van der Waals surface area (Å²) in [7, 11) is 0. The first-order valence-corrected chi connectivity index (χ1v) is 46.9. The van der Waals surface area contributed by atoms with Crippen molar-refractivity contribution in [1.82, 2.24) is 4.90 Å². The highest BCUT2D eigenvalue weighted by Gasteiger charge is 2.65. The van der Waals surface area contributed by atoms with Crippen LogP contribution in [0.3, 0.4) is 0 Å². The topological polar surface area (TPSA) is 34.2 Å². The van der Waals surface area contributed by atoms with Gasteiger partial charge < -0.3 is 24.0 Å². The van der Waals surface area contributed by atoms with Gasteiger partial charge in [-0.1, -0.05) is 200 Å². The number of fused-ring (bicyclic) bond motifs is 9. The minimum absolute atomic E-state index is 0.00132. The first kappa shape index (κ1) is 83.0. The summed E-state index contributed by atoms with van der Waals surface area (Å²) in [6.45, 7) is 7.92. The Morgan fingerprint density at radius 2 is 1.31 bits per heavy atom. The maximum atomic E-state index is 18.0. The van der Waals surface area contributed by atoms with Crippen LogP contribution in [0.5, 0.6) is 11.5 Å². The van der Waals surface area contributed by atoms with Gasteiger partial charge in [0.25, 0.3) is 0 Å². The number of alkyl halides is 3. The fourth-order valence-corrected chi connectivity index (χ4v) is 26.3. The minimum atomic E-state index is -1.65. The van der Waals surface area contributed by atoms with Crippen molar-refractivity contribution in [1.29, 1.82) is 0 Å². The summed E-state index contributed by atoms with van der Waals surface area (Å²) < 4.78 is 151. The standard InChI is InChI=1S/C114H110F8N2O3/c1-3-69-13-49-89(50-14-69)125-91-53-31-79(32-54-91)113(77-27-39-83(117)40-28-77)101-11-7-5-9-93(101)95-57-25-75(61-103(95)113)71-21-43-85(44-22-71)123(109-67-105(119)97(65-107(109)121)73-17-35-81(115)36-18-73)87-47-59-111-99(63-87)100-64-88(48-60-112(100)127-111)124(110-68-106(120)98(66-108(110)122)74-19-37-82(116)38-20-74)86-45-23-72(24-46-86)76-26-58-96-94-10-6-8-12-102(94)114(104(96)62-76,78-29-41-84(118)42-30-78)80-33-55-92(56-34-80)126-90-51-15-70(4-2)16-52-90/h3-7,9-11,13-15,19-21,23-28,31,33,35,37-41,43-46,48-50,53-55,57-58,60-61,63-64,67-68,71,73,76,78-79,90,93-96,98-99,101-104,106-108,111H,1-2,8,12,16-18,22,29-30,32,34,36,42,47,51-52,56,59,62,65-66H2. The lowest BCUT2D eigenvalue weighted by atomic mass is 9.52. The van der Waals surface area contributed by atoms with E-state index in [1.807, 2.05) is 94.8 Å². The van der Waals surface area contributed by atoms with Gasteiger partial charge in [0, 0.05) is 82.1 Å². The van der Waals surface area contributed by atoms with Crippen LogP contribution in [0, 0.1) is 88.1 Å². The molecule has 5 aromatic rings. The van der Waals surface area contributed by atoms with E-state index in [9.17, 15) is 8.78 Å². The Balaban J connectivity index is 0.611. The van der Waals surface area contributed by atoms with Crippen LogP contribution in [0.1, 0.15) is 174 Å². The molecule has 0 spiro atoms. The number of hydrogen-bond donors (Lipinski definition) is 0. The van der Waals surface area contributed by atoms with E-state index in [2.05, 4.69) is 153 Å². The first-order valence-electron chi connectivity index (χ1n) is 46.9. The number of benzene rings is 5. The van der Waals surface area contributed by atoms with E-state index in [1.54, 1.807) is 24.3 Å². The number of rotatable bonds is 20. The fraction of sp³-hybridized carbons (Fsp3) is 0.368. The summed E-state index contributed by atoms with van der Waals surface area (Å²) >= 11 is 0. The van der Waals surface area contributed by atoms with Gasteiger partial charge in [-0.2, -0.15) is 0 Å². The molecule has 1 aliphatic heterocycles. The molecule has 22 atom stereocenters. The Morgan fingerprint density at radius 1 is 0.535 bits per heavy atom. The maximum Gasteiger partial charge on any atom is 0.144 e. The van der Waals surface area contributed by atoms with Gasteiger partial charge in [-0.3, -0.25) is 0 Å². The molecular weight excluding hydrogens is 1600 g/mol. The summed E-state index contributed by atoms with van der Waals surface area (Å²) in [6.07, 6.45) is 65.2. The molecule has 0 saturated heterocycles. The van der Waals surface area contributed by atoms with Gasteiger partial charge in [-0.15, -0.1) is 0 Å². The molecule has 13 heteroatoms. The summed E-state index contributed by atoms with van der Waals surface area (Å²) in [6, 6.07) is 35.0. The number of halogens is 8. The second-order valence-electron chi connectivity index (χ2n) is 38.4. The second kappa shape index (κ2) is 34.6. The monoisotopic (exact) mass is 1710 g/mol. The van der Waals surface area contributed by atoms with Crippen molar-refractivity contribution >= 4 is 17.5 Å². The summed E-state index contributed by atoms with van der Waals surface area (Å²) in [5.74, 6) is 1.94. The summed E-state index contributed by atoms with van der Waals surface area (Å²) in [4.78, 5) is 3.80. The smallest absolute Gasteiger partial charge is 0.144 e. The van der Waals surface area contributed by atoms with Crippen molar-refractivity contribution in [3.63, 3.8) is 0 Å². The van der Waals surface area contributed by atoms with E-state index in [4.69, 9.17) is 14.2 Å². The molecule has 0 radical (unpaired) electrons. The van der Waals surface area contributed by atoms with Crippen LogP contribution >= 0.6 is 0 Å². The van der Waals surface area contributed by atoms with Crippen molar-refractivity contribution < 1.29 is 49.3 Å². The zero-order valence-electron chi connectivity index (χ0n) is 71.8. The molecule has 0 aromatic heterocycles. The van der Waals surface area contributed by atoms with Gasteiger partial charge in [0.2, 0.25) is 0 Å². The number of ether oxygens (including phenoxy) is 3. The summed E-state index contributed by atoms with van der Waals surface area (Å²) in [5, 5.41) is 0. The first-order chi connectivity index (χ1) is 62.0. The van der Waals surface area contributed by atoms with Crippen molar-refractivity contribution in [3.8, 4) is 11.5 Å². The molecule has 650 valence electrons. The van der Waals surface area contributed by atoms with Gasteiger partial charge in [-0.25, -0.2) is 35.1 Å². The Labute approximate surface area is 742 Å². The molecule has 2 fully saturated rings. The van der Waals surface area contributed by atoms with Gasteiger partial charge in [-0.05, 0) is 311 Å². The van der Waals surface area contributed by atoms with E-state index in [1.165, 1.54) is 41.5 Å². The van der Waals surface area contributed by atoms with Crippen LogP contribution in [-0.4, -0.2) is 35.6 Å². The Bertz CT molecular complexity index is 5790.